The number of carbonyl (C=O) groups is 1. The van der Waals surface area contributed by atoms with Crippen LogP contribution in [0.15, 0.2) is 12.7 Å². The van der Waals surface area contributed by atoms with Crippen LogP contribution in [-0.2, 0) is 4.79 Å². The van der Waals surface area contributed by atoms with E-state index in [-0.39, 0.29) is 11.4 Å². The molecule has 1 heterocycles. The van der Waals surface area contributed by atoms with Crippen LogP contribution in [0.5, 0.6) is 0 Å². The fourth-order valence-corrected chi connectivity index (χ4v) is 2.20. The summed E-state index contributed by atoms with van der Waals surface area (Å²) < 4.78 is 0. The van der Waals surface area contributed by atoms with E-state index >= 15 is 0 Å². The summed E-state index contributed by atoms with van der Waals surface area (Å²) in [6.45, 7) is 11.8. The molecule has 0 aromatic heterocycles. The molecule has 1 amide bonds. The van der Waals surface area contributed by atoms with Crippen LogP contribution in [0.3, 0.4) is 0 Å². The van der Waals surface area contributed by atoms with Gasteiger partial charge in [-0.3, -0.25) is 4.79 Å². The summed E-state index contributed by atoms with van der Waals surface area (Å²) in [6.07, 6.45) is 4.68. The average Bonchev–Trinajstić information content (AvgIpc) is 2.40. The highest BCUT2D eigenvalue weighted by molar-refractivity contribution is 5.86. The van der Waals surface area contributed by atoms with Gasteiger partial charge < -0.3 is 10.2 Å². The van der Waals surface area contributed by atoms with Crippen molar-refractivity contribution in [2.45, 2.75) is 51.6 Å². The Morgan fingerprint density at radius 1 is 1.38 bits per heavy atom. The summed E-state index contributed by atoms with van der Waals surface area (Å²) in [5.74, 6) is 0.0661. The van der Waals surface area contributed by atoms with E-state index in [0.29, 0.717) is 6.04 Å². The van der Waals surface area contributed by atoms with Gasteiger partial charge in [0, 0.05) is 24.7 Å². The van der Waals surface area contributed by atoms with Crippen LogP contribution in [0.25, 0.3) is 0 Å². The lowest BCUT2D eigenvalue weighted by molar-refractivity contribution is -0.125. The van der Waals surface area contributed by atoms with E-state index in [1.54, 1.807) is 0 Å². The largest absolute Gasteiger partial charge is 0.339 e. The maximum Gasteiger partial charge on any atom is 0.245 e. The molecule has 0 aliphatic carbocycles. The Morgan fingerprint density at radius 2 is 2.06 bits per heavy atom. The minimum absolute atomic E-state index is 0.0661. The number of amides is 1. The van der Waals surface area contributed by atoms with Crippen molar-refractivity contribution in [1.82, 2.24) is 10.2 Å². The molecule has 1 saturated heterocycles. The zero-order chi connectivity index (χ0) is 12.2. The molecule has 0 bridgehead atoms. The standard InChI is InChI=1S/C13H24N2O/c1-5-12(16)15-9-6-7-11(8-10-15)14-13(2,3)4/h5,11,14H,1,6-10H2,2-4H3. The molecule has 0 aromatic carbocycles. The summed E-state index contributed by atoms with van der Waals surface area (Å²) in [4.78, 5) is 13.4. The Kier molecular flexibility index (Phi) is 4.54. The first kappa shape index (κ1) is 13.2. The normalized spacial score (nSPS) is 22.7. The number of carbonyl (C=O) groups excluding carboxylic acids is 1. The molecule has 0 aromatic rings. The van der Waals surface area contributed by atoms with Gasteiger partial charge in [0.25, 0.3) is 0 Å². The number of nitrogens with one attached hydrogen (secondary N) is 1. The van der Waals surface area contributed by atoms with E-state index in [1.165, 1.54) is 6.08 Å². The van der Waals surface area contributed by atoms with Crippen molar-refractivity contribution in [2.24, 2.45) is 0 Å². The molecular formula is C13H24N2O. The zero-order valence-corrected chi connectivity index (χ0v) is 10.8. The molecule has 1 aliphatic rings. The van der Waals surface area contributed by atoms with Gasteiger partial charge in [0.2, 0.25) is 5.91 Å². The number of rotatable bonds is 2. The number of nitrogens with zero attached hydrogens (tertiary/aromatic N) is 1. The fourth-order valence-electron chi connectivity index (χ4n) is 2.20. The lowest BCUT2D eigenvalue weighted by Gasteiger charge is -2.27. The Bertz CT molecular complexity index is 255. The second kappa shape index (κ2) is 5.48. The van der Waals surface area contributed by atoms with Crippen LogP contribution in [0.1, 0.15) is 40.0 Å². The third-order valence-electron chi connectivity index (χ3n) is 2.85. The third kappa shape index (κ3) is 4.35. The van der Waals surface area contributed by atoms with Gasteiger partial charge in [0.1, 0.15) is 0 Å². The maximum absolute atomic E-state index is 11.5. The Hall–Kier alpha value is -0.830. The predicted molar refractivity (Wildman–Crippen MR) is 67.3 cm³/mol. The summed E-state index contributed by atoms with van der Waals surface area (Å²) in [6, 6.07) is 0.530. The topological polar surface area (TPSA) is 32.3 Å². The van der Waals surface area contributed by atoms with Crippen molar-refractivity contribution in [3.8, 4) is 0 Å². The molecule has 16 heavy (non-hydrogen) atoms. The van der Waals surface area contributed by atoms with E-state index in [0.717, 1.165) is 32.4 Å². The first-order chi connectivity index (χ1) is 7.42. The molecule has 0 radical (unpaired) electrons. The second-order valence-electron chi connectivity index (χ2n) is 5.55. The highest BCUT2D eigenvalue weighted by Gasteiger charge is 2.22. The molecule has 1 unspecified atom stereocenters. The third-order valence-corrected chi connectivity index (χ3v) is 2.85. The molecule has 0 spiro atoms. The van der Waals surface area contributed by atoms with E-state index in [4.69, 9.17) is 0 Å². The van der Waals surface area contributed by atoms with Crippen LogP contribution in [0, 0.1) is 0 Å². The summed E-state index contributed by atoms with van der Waals surface area (Å²) in [7, 11) is 0. The highest BCUT2D eigenvalue weighted by Crippen LogP contribution is 2.14. The molecule has 0 saturated carbocycles. The Morgan fingerprint density at radius 3 is 2.62 bits per heavy atom. The maximum atomic E-state index is 11.5. The average molecular weight is 224 g/mol. The van der Waals surface area contributed by atoms with Crippen molar-refractivity contribution < 1.29 is 4.79 Å². The summed E-state index contributed by atoms with van der Waals surface area (Å²) in [5.41, 5.74) is 0.155. The molecule has 1 aliphatic heterocycles. The predicted octanol–water partition coefficient (Wildman–Crippen LogP) is 1.94. The van der Waals surface area contributed by atoms with Crippen molar-refractivity contribution in [2.75, 3.05) is 13.1 Å². The SMILES string of the molecule is C=CC(=O)N1CCCC(NC(C)(C)C)CC1. The van der Waals surface area contributed by atoms with Crippen LogP contribution < -0.4 is 5.32 Å². The minimum atomic E-state index is 0.0661. The molecule has 92 valence electrons. The van der Waals surface area contributed by atoms with Gasteiger partial charge in [0.15, 0.2) is 0 Å². The van der Waals surface area contributed by atoms with E-state index in [1.807, 2.05) is 4.90 Å². The highest BCUT2D eigenvalue weighted by atomic mass is 16.2. The fraction of sp³-hybridized carbons (Fsp3) is 0.769. The van der Waals surface area contributed by atoms with Crippen molar-refractivity contribution in [3.63, 3.8) is 0 Å². The molecule has 1 fully saturated rings. The second-order valence-corrected chi connectivity index (χ2v) is 5.55. The van der Waals surface area contributed by atoms with Crippen molar-refractivity contribution >= 4 is 5.91 Å². The first-order valence-electron chi connectivity index (χ1n) is 6.11. The lowest BCUT2D eigenvalue weighted by Crippen LogP contribution is -2.44. The van der Waals surface area contributed by atoms with Gasteiger partial charge in [-0.15, -0.1) is 0 Å². The van der Waals surface area contributed by atoms with Gasteiger partial charge in [0.05, 0.1) is 0 Å². The molecule has 1 atom stereocenters. The van der Waals surface area contributed by atoms with Crippen molar-refractivity contribution in [3.05, 3.63) is 12.7 Å². The van der Waals surface area contributed by atoms with Gasteiger partial charge in [-0.1, -0.05) is 6.58 Å². The van der Waals surface area contributed by atoms with E-state index in [2.05, 4.69) is 32.7 Å². The smallest absolute Gasteiger partial charge is 0.245 e. The lowest BCUT2D eigenvalue weighted by atomic mass is 10.0. The van der Waals surface area contributed by atoms with Gasteiger partial charge in [-0.05, 0) is 46.1 Å². The number of hydrogen-bond donors (Lipinski definition) is 1. The van der Waals surface area contributed by atoms with E-state index in [9.17, 15) is 4.79 Å². The van der Waals surface area contributed by atoms with Gasteiger partial charge in [-0.2, -0.15) is 0 Å². The van der Waals surface area contributed by atoms with Crippen LogP contribution >= 0.6 is 0 Å². The Labute approximate surface area is 98.9 Å². The zero-order valence-electron chi connectivity index (χ0n) is 10.8. The Balaban J connectivity index is 2.46. The number of likely N-dealkylation sites (tertiary alicyclic amines) is 1. The quantitative estimate of drug-likeness (QED) is 0.727. The molecule has 1 N–H and O–H groups in total. The minimum Gasteiger partial charge on any atom is -0.339 e. The molecule has 1 rings (SSSR count). The van der Waals surface area contributed by atoms with E-state index < -0.39 is 0 Å². The molecule has 3 nitrogen and oxygen atoms in total. The van der Waals surface area contributed by atoms with Crippen molar-refractivity contribution in [1.29, 1.82) is 0 Å². The number of hydrogen-bond acceptors (Lipinski definition) is 2. The van der Waals surface area contributed by atoms with Gasteiger partial charge >= 0.3 is 0 Å². The van der Waals surface area contributed by atoms with Gasteiger partial charge in [-0.25, -0.2) is 0 Å². The summed E-state index contributed by atoms with van der Waals surface area (Å²) >= 11 is 0. The van der Waals surface area contributed by atoms with Crippen LogP contribution in [0.2, 0.25) is 0 Å². The monoisotopic (exact) mass is 224 g/mol. The first-order valence-corrected chi connectivity index (χ1v) is 6.11. The molecular weight excluding hydrogens is 200 g/mol. The summed E-state index contributed by atoms with van der Waals surface area (Å²) in [5, 5.41) is 3.61. The van der Waals surface area contributed by atoms with Crippen LogP contribution in [0.4, 0.5) is 0 Å². The van der Waals surface area contributed by atoms with Crippen LogP contribution in [-0.4, -0.2) is 35.5 Å². The molecule has 3 heteroatoms.